The zero-order valence-corrected chi connectivity index (χ0v) is 15.9. The third kappa shape index (κ3) is 2.67. The van der Waals surface area contributed by atoms with Crippen molar-refractivity contribution >= 4 is 41.4 Å². The molecule has 0 amide bonds. The van der Waals surface area contributed by atoms with Crippen LogP contribution in [0.3, 0.4) is 0 Å². The van der Waals surface area contributed by atoms with Crippen molar-refractivity contribution in [1.82, 2.24) is 9.97 Å². The second-order valence-electron chi connectivity index (χ2n) is 6.07. The first-order valence-electron chi connectivity index (χ1n) is 8.53. The Balaban J connectivity index is 1.83. The predicted molar refractivity (Wildman–Crippen MR) is 112 cm³/mol. The summed E-state index contributed by atoms with van der Waals surface area (Å²) in [4.78, 5) is 11.0. The number of hydrogen-bond donors (Lipinski definition) is 0. The highest BCUT2D eigenvalue weighted by atomic mass is 32.2. The van der Waals surface area contributed by atoms with E-state index in [0.717, 1.165) is 14.7 Å². The fourth-order valence-corrected chi connectivity index (χ4v) is 7.24. The van der Waals surface area contributed by atoms with Gasteiger partial charge in [-0.2, -0.15) is 0 Å². The van der Waals surface area contributed by atoms with Crippen LogP contribution in [0.5, 0.6) is 0 Å². The molecule has 3 nitrogen and oxygen atoms in total. The van der Waals surface area contributed by atoms with Crippen LogP contribution in [0.15, 0.2) is 101 Å². The lowest BCUT2D eigenvalue weighted by molar-refractivity contribution is 0.683. The van der Waals surface area contributed by atoms with Crippen molar-refractivity contribution in [2.45, 2.75) is 9.79 Å². The fourth-order valence-electron chi connectivity index (χ4n) is 3.35. The first-order valence-corrected chi connectivity index (χ1v) is 10.9. The highest BCUT2D eigenvalue weighted by Crippen LogP contribution is 2.49. The topological polar surface area (TPSA) is 42.9 Å². The SMILES string of the molecule is O=S(c1ccncc1)c1ccncc1-[s+]1c2ccccc2c2ccccc21. The molecule has 0 fully saturated rings. The summed E-state index contributed by atoms with van der Waals surface area (Å²) in [6.45, 7) is 0. The summed E-state index contributed by atoms with van der Waals surface area (Å²) in [7, 11) is -1.60. The van der Waals surface area contributed by atoms with Crippen molar-refractivity contribution < 1.29 is 4.21 Å². The van der Waals surface area contributed by atoms with Gasteiger partial charge in [0.1, 0.15) is 4.90 Å². The molecule has 3 heterocycles. The smallest absolute Gasteiger partial charge is 0.214 e. The Morgan fingerprint density at radius 2 is 1.30 bits per heavy atom. The van der Waals surface area contributed by atoms with E-state index in [1.165, 1.54) is 20.2 Å². The van der Waals surface area contributed by atoms with Crippen molar-refractivity contribution in [3.05, 3.63) is 91.5 Å². The number of fused-ring (bicyclic) bond motifs is 3. The van der Waals surface area contributed by atoms with E-state index in [0.29, 0.717) is 0 Å². The second-order valence-corrected chi connectivity index (χ2v) is 9.45. The molecular weight excluding hydrogens is 372 g/mol. The quantitative estimate of drug-likeness (QED) is 0.374. The summed E-state index contributed by atoms with van der Waals surface area (Å²) in [5.41, 5.74) is 0. The average molecular weight is 388 g/mol. The number of nitrogens with zero attached hydrogens (tertiary/aromatic N) is 2. The first-order chi connectivity index (χ1) is 13.3. The van der Waals surface area contributed by atoms with Crippen LogP contribution in [0, 0.1) is 0 Å². The molecule has 0 saturated heterocycles. The van der Waals surface area contributed by atoms with Crippen molar-refractivity contribution in [3.8, 4) is 4.90 Å². The minimum absolute atomic E-state index is 0.318. The maximum atomic E-state index is 13.3. The van der Waals surface area contributed by atoms with Gasteiger partial charge in [-0.3, -0.25) is 9.97 Å². The highest BCUT2D eigenvalue weighted by Gasteiger charge is 2.28. The van der Waals surface area contributed by atoms with Crippen LogP contribution in [-0.2, 0) is 10.8 Å². The number of benzene rings is 2. The van der Waals surface area contributed by atoms with Crippen molar-refractivity contribution in [2.24, 2.45) is 0 Å². The van der Waals surface area contributed by atoms with Crippen LogP contribution in [0.2, 0.25) is 0 Å². The van der Waals surface area contributed by atoms with E-state index >= 15 is 0 Å². The van der Waals surface area contributed by atoms with E-state index in [-0.39, 0.29) is 10.5 Å². The van der Waals surface area contributed by atoms with E-state index in [9.17, 15) is 4.21 Å². The van der Waals surface area contributed by atoms with Gasteiger partial charge in [-0.15, -0.1) is 0 Å². The molecule has 0 aliphatic carbocycles. The van der Waals surface area contributed by atoms with Gasteiger partial charge in [-0.25, -0.2) is 4.21 Å². The van der Waals surface area contributed by atoms with E-state index in [1.807, 2.05) is 12.3 Å². The Morgan fingerprint density at radius 3 is 1.96 bits per heavy atom. The molecule has 0 aliphatic heterocycles. The second kappa shape index (κ2) is 6.68. The lowest BCUT2D eigenvalue weighted by atomic mass is 10.2. The maximum absolute atomic E-state index is 13.3. The molecule has 0 radical (unpaired) electrons. The van der Waals surface area contributed by atoms with Gasteiger partial charge in [0.05, 0.1) is 17.0 Å². The molecule has 0 spiro atoms. The van der Waals surface area contributed by atoms with E-state index < -0.39 is 10.8 Å². The number of aromatic nitrogens is 2. The van der Waals surface area contributed by atoms with Crippen LogP contribution in [-0.4, -0.2) is 14.2 Å². The average Bonchev–Trinajstić information content (AvgIpc) is 3.08. The Labute approximate surface area is 161 Å². The largest absolute Gasteiger partial charge is 0.265 e. The van der Waals surface area contributed by atoms with Crippen molar-refractivity contribution in [3.63, 3.8) is 0 Å². The first kappa shape index (κ1) is 16.3. The van der Waals surface area contributed by atoms with Crippen molar-refractivity contribution in [2.75, 3.05) is 0 Å². The van der Waals surface area contributed by atoms with Crippen LogP contribution in [0.25, 0.3) is 25.1 Å². The number of rotatable bonds is 3. The van der Waals surface area contributed by atoms with Crippen molar-refractivity contribution in [1.29, 1.82) is 0 Å². The fraction of sp³-hybridized carbons (Fsp3) is 0. The molecule has 27 heavy (non-hydrogen) atoms. The van der Waals surface area contributed by atoms with E-state index in [4.69, 9.17) is 0 Å². The molecule has 0 aliphatic rings. The van der Waals surface area contributed by atoms with Gasteiger partial charge in [0.15, 0.2) is 9.40 Å². The van der Waals surface area contributed by atoms with Crippen LogP contribution < -0.4 is 0 Å². The summed E-state index contributed by atoms with van der Waals surface area (Å²) in [5, 5.41) is 2.50. The Hall–Kier alpha value is -2.89. The minimum Gasteiger partial charge on any atom is -0.265 e. The standard InChI is InChI=1S/C22H15N2OS2/c25-27(16-9-12-23-13-10-16)21-11-14-24-15-22(21)26-19-7-3-1-5-17(19)18-6-2-4-8-20(18)26/h1-15H/q+1. The molecule has 130 valence electrons. The van der Waals surface area contributed by atoms with Gasteiger partial charge in [0.2, 0.25) is 4.90 Å². The molecule has 1 atom stereocenters. The maximum Gasteiger partial charge on any atom is 0.214 e. The Morgan fingerprint density at radius 1 is 0.704 bits per heavy atom. The number of thiophene rings is 1. The van der Waals surface area contributed by atoms with Gasteiger partial charge in [-0.05, 0) is 42.5 Å². The third-order valence-corrected chi connectivity index (χ3v) is 8.48. The summed E-state index contributed by atoms with van der Waals surface area (Å²) >= 11 is 0. The van der Waals surface area contributed by atoms with Gasteiger partial charge >= 0.3 is 0 Å². The molecule has 3 aromatic heterocycles. The van der Waals surface area contributed by atoms with Gasteiger partial charge in [-0.1, -0.05) is 24.3 Å². The molecule has 0 bridgehead atoms. The zero-order valence-electron chi connectivity index (χ0n) is 14.3. The monoisotopic (exact) mass is 387 g/mol. The summed E-state index contributed by atoms with van der Waals surface area (Å²) in [6, 6.07) is 22.4. The molecule has 5 aromatic rings. The molecule has 2 aromatic carbocycles. The summed E-state index contributed by atoms with van der Waals surface area (Å²) in [6.07, 6.45) is 6.94. The molecule has 5 heteroatoms. The predicted octanol–water partition coefficient (Wildman–Crippen LogP) is 5.69. The van der Waals surface area contributed by atoms with Crippen LogP contribution in [0.1, 0.15) is 0 Å². The molecular formula is C22H15N2OS2+. The normalized spacial score (nSPS) is 12.4. The highest BCUT2D eigenvalue weighted by molar-refractivity contribution is 7.85. The molecule has 1 unspecified atom stereocenters. The van der Waals surface area contributed by atoms with Crippen LogP contribution in [0.4, 0.5) is 0 Å². The number of hydrogen-bond acceptors (Lipinski definition) is 3. The Bertz CT molecular complexity index is 1240. The molecule has 5 rings (SSSR count). The lowest BCUT2D eigenvalue weighted by Gasteiger charge is -2.04. The van der Waals surface area contributed by atoms with Gasteiger partial charge in [0, 0.05) is 44.7 Å². The third-order valence-electron chi connectivity index (χ3n) is 4.53. The number of pyridine rings is 2. The summed E-state index contributed by atoms with van der Waals surface area (Å²) in [5.74, 6) is 0. The molecule has 0 N–H and O–H groups in total. The van der Waals surface area contributed by atoms with E-state index in [1.54, 1.807) is 30.7 Å². The van der Waals surface area contributed by atoms with E-state index in [2.05, 4.69) is 58.5 Å². The minimum atomic E-state index is -1.28. The molecule has 0 saturated carbocycles. The summed E-state index contributed by atoms with van der Waals surface area (Å²) < 4.78 is 15.8. The van der Waals surface area contributed by atoms with Gasteiger partial charge < -0.3 is 0 Å². The lowest BCUT2D eigenvalue weighted by Crippen LogP contribution is -1.95. The zero-order chi connectivity index (χ0) is 18.2. The Kier molecular flexibility index (Phi) is 4.03. The van der Waals surface area contributed by atoms with Crippen LogP contribution >= 0.6 is 10.5 Å². The van der Waals surface area contributed by atoms with Gasteiger partial charge in [0.25, 0.3) is 0 Å².